The maximum Gasteiger partial charge on any atom is 0.127 e. The Kier molecular flexibility index (Phi) is 7.87. The fourth-order valence-electron chi connectivity index (χ4n) is 4.64. The molecule has 0 atom stereocenters. The number of hydrogen-bond acceptors (Lipinski definition) is 7. The highest BCUT2D eigenvalue weighted by atomic mass is 16.5. The molecule has 0 aliphatic carbocycles. The molecule has 4 rings (SSSR count). The van der Waals surface area contributed by atoms with E-state index in [4.69, 9.17) is 18.9 Å². The first-order chi connectivity index (χ1) is 16.7. The van der Waals surface area contributed by atoms with Gasteiger partial charge in [0.1, 0.15) is 23.0 Å². The van der Waals surface area contributed by atoms with E-state index in [1.807, 2.05) is 36.7 Å². The molecule has 180 valence electrons. The van der Waals surface area contributed by atoms with E-state index in [9.17, 15) is 0 Å². The number of benzene rings is 2. The molecule has 3 aromatic rings. The Balaban J connectivity index is 1.65. The molecular weight excluding hydrogens is 430 g/mol. The lowest BCUT2D eigenvalue weighted by molar-refractivity contribution is -0.00983. The second kappa shape index (κ2) is 11.2. The summed E-state index contributed by atoms with van der Waals surface area (Å²) >= 11 is 0. The minimum Gasteiger partial charge on any atom is -0.497 e. The summed E-state index contributed by atoms with van der Waals surface area (Å²) in [4.78, 5) is 9.24. The third-order valence-electron chi connectivity index (χ3n) is 6.32. The molecule has 0 amide bonds. The Morgan fingerprint density at radius 2 is 1.21 bits per heavy atom. The van der Waals surface area contributed by atoms with Crippen LogP contribution in [0.4, 0.5) is 0 Å². The standard InChI is InChI=1S/C27H33N3O4/c1-31-23-8-6-21(25(16-23)33-3)18-29-14-5-15-30(27(29)20-10-12-28-13-11-20)19-22-7-9-24(32-2)17-26(22)34-4/h6-13,16-17,27H,5,14-15,18-19H2,1-4H3. The summed E-state index contributed by atoms with van der Waals surface area (Å²) in [6, 6.07) is 16.3. The molecule has 1 saturated heterocycles. The zero-order valence-electron chi connectivity index (χ0n) is 20.4. The van der Waals surface area contributed by atoms with E-state index >= 15 is 0 Å². The average Bonchev–Trinajstić information content (AvgIpc) is 2.89. The van der Waals surface area contributed by atoms with Gasteiger partial charge in [0.25, 0.3) is 0 Å². The quantitative estimate of drug-likeness (QED) is 0.462. The summed E-state index contributed by atoms with van der Waals surface area (Å²) < 4.78 is 22.1. The summed E-state index contributed by atoms with van der Waals surface area (Å²) in [5.74, 6) is 3.25. The first kappa shape index (κ1) is 23.9. The molecule has 7 heteroatoms. The molecule has 2 aromatic carbocycles. The molecule has 0 spiro atoms. The molecule has 1 aliphatic rings. The molecule has 0 saturated carbocycles. The number of nitrogens with zero attached hydrogens (tertiary/aromatic N) is 3. The van der Waals surface area contributed by atoms with Crippen molar-refractivity contribution in [2.75, 3.05) is 41.5 Å². The van der Waals surface area contributed by atoms with Crippen molar-refractivity contribution >= 4 is 0 Å². The van der Waals surface area contributed by atoms with Gasteiger partial charge in [-0.2, -0.15) is 0 Å². The predicted octanol–water partition coefficient (Wildman–Crippen LogP) is 4.52. The fourth-order valence-corrected chi connectivity index (χ4v) is 4.64. The van der Waals surface area contributed by atoms with Crippen molar-refractivity contribution < 1.29 is 18.9 Å². The van der Waals surface area contributed by atoms with Gasteiger partial charge in [0.2, 0.25) is 0 Å². The van der Waals surface area contributed by atoms with Crippen LogP contribution in [0.2, 0.25) is 0 Å². The van der Waals surface area contributed by atoms with Gasteiger partial charge in [-0.1, -0.05) is 12.1 Å². The Morgan fingerprint density at radius 3 is 1.65 bits per heavy atom. The minimum atomic E-state index is 0.0929. The lowest BCUT2D eigenvalue weighted by atomic mass is 10.0. The number of rotatable bonds is 9. The van der Waals surface area contributed by atoms with Crippen LogP contribution >= 0.6 is 0 Å². The van der Waals surface area contributed by atoms with E-state index in [1.165, 1.54) is 5.56 Å². The Bertz CT molecular complexity index is 1010. The molecule has 1 aromatic heterocycles. The van der Waals surface area contributed by atoms with E-state index in [1.54, 1.807) is 28.4 Å². The number of ether oxygens (including phenoxy) is 4. The molecule has 7 nitrogen and oxygen atoms in total. The number of aromatic nitrogens is 1. The highest BCUT2D eigenvalue weighted by molar-refractivity contribution is 5.42. The van der Waals surface area contributed by atoms with E-state index < -0.39 is 0 Å². The summed E-state index contributed by atoms with van der Waals surface area (Å²) in [5, 5.41) is 0. The maximum absolute atomic E-state index is 5.69. The lowest BCUT2D eigenvalue weighted by Gasteiger charge is -2.44. The number of pyridine rings is 1. The van der Waals surface area contributed by atoms with Crippen molar-refractivity contribution in [1.29, 1.82) is 0 Å². The molecule has 1 fully saturated rings. The van der Waals surface area contributed by atoms with Gasteiger partial charge >= 0.3 is 0 Å². The Labute approximate surface area is 201 Å². The lowest BCUT2D eigenvalue weighted by Crippen LogP contribution is -2.46. The van der Waals surface area contributed by atoms with Crippen molar-refractivity contribution in [3.05, 3.63) is 77.6 Å². The first-order valence-electron chi connectivity index (χ1n) is 11.5. The molecule has 0 radical (unpaired) electrons. The van der Waals surface area contributed by atoms with Crippen LogP contribution in [0.5, 0.6) is 23.0 Å². The van der Waals surface area contributed by atoms with E-state index in [-0.39, 0.29) is 6.17 Å². The topological polar surface area (TPSA) is 56.3 Å². The number of methoxy groups -OCH3 is 4. The van der Waals surface area contributed by atoms with Crippen molar-refractivity contribution in [2.45, 2.75) is 25.7 Å². The zero-order chi connectivity index (χ0) is 23.9. The molecule has 2 heterocycles. The molecule has 34 heavy (non-hydrogen) atoms. The van der Waals surface area contributed by atoms with Gasteiger partial charge < -0.3 is 18.9 Å². The van der Waals surface area contributed by atoms with Gasteiger partial charge in [-0.3, -0.25) is 14.8 Å². The van der Waals surface area contributed by atoms with Crippen molar-refractivity contribution in [3.8, 4) is 23.0 Å². The van der Waals surface area contributed by atoms with Gasteiger partial charge in [0, 0.05) is 61.8 Å². The van der Waals surface area contributed by atoms with Crippen LogP contribution in [-0.2, 0) is 13.1 Å². The molecular formula is C27H33N3O4. The summed E-state index contributed by atoms with van der Waals surface area (Å²) in [6.07, 6.45) is 4.89. The summed E-state index contributed by atoms with van der Waals surface area (Å²) in [6.45, 7) is 3.49. The normalized spacial score (nSPS) is 15.2. The third-order valence-corrected chi connectivity index (χ3v) is 6.32. The number of hydrogen-bond donors (Lipinski definition) is 0. The third kappa shape index (κ3) is 5.26. The van der Waals surface area contributed by atoms with Crippen molar-refractivity contribution in [3.63, 3.8) is 0 Å². The SMILES string of the molecule is COc1ccc(CN2CCCN(Cc3ccc(OC)cc3OC)C2c2ccncc2)c(OC)c1. The van der Waals surface area contributed by atoms with Crippen LogP contribution < -0.4 is 18.9 Å². The molecule has 0 N–H and O–H groups in total. The summed E-state index contributed by atoms with van der Waals surface area (Å²) in [5.41, 5.74) is 3.48. The smallest absolute Gasteiger partial charge is 0.127 e. The maximum atomic E-state index is 5.69. The predicted molar refractivity (Wildman–Crippen MR) is 132 cm³/mol. The van der Waals surface area contributed by atoms with Crippen LogP contribution in [0.1, 0.15) is 29.3 Å². The van der Waals surface area contributed by atoms with Gasteiger partial charge in [-0.25, -0.2) is 0 Å². The molecule has 0 bridgehead atoms. The second-order valence-electron chi connectivity index (χ2n) is 8.30. The van der Waals surface area contributed by atoms with Gasteiger partial charge in [0.15, 0.2) is 0 Å². The van der Waals surface area contributed by atoms with E-state index in [2.05, 4.69) is 39.0 Å². The van der Waals surface area contributed by atoms with Crippen molar-refractivity contribution in [1.82, 2.24) is 14.8 Å². The minimum absolute atomic E-state index is 0.0929. The van der Waals surface area contributed by atoms with E-state index in [0.29, 0.717) is 0 Å². The highest BCUT2D eigenvalue weighted by Gasteiger charge is 2.32. The first-order valence-corrected chi connectivity index (χ1v) is 11.5. The fraction of sp³-hybridized carbons (Fsp3) is 0.370. The second-order valence-corrected chi connectivity index (χ2v) is 8.30. The van der Waals surface area contributed by atoms with Crippen LogP contribution in [0.3, 0.4) is 0 Å². The van der Waals surface area contributed by atoms with Crippen LogP contribution in [0.25, 0.3) is 0 Å². The monoisotopic (exact) mass is 463 g/mol. The molecule has 0 unspecified atom stereocenters. The largest absolute Gasteiger partial charge is 0.497 e. The highest BCUT2D eigenvalue weighted by Crippen LogP contribution is 2.36. The van der Waals surface area contributed by atoms with E-state index in [0.717, 1.165) is 66.7 Å². The Hall–Kier alpha value is -3.29. The van der Waals surface area contributed by atoms with Gasteiger partial charge in [-0.05, 0) is 36.2 Å². The average molecular weight is 464 g/mol. The van der Waals surface area contributed by atoms with Crippen LogP contribution in [0, 0.1) is 0 Å². The van der Waals surface area contributed by atoms with Crippen molar-refractivity contribution in [2.24, 2.45) is 0 Å². The molecule has 1 aliphatic heterocycles. The Morgan fingerprint density at radius 1 is 0.706 bits per heavy atom. The zero-order valence-corrected chi connectivity index (χ0v) is 20.4. The van der Waals surface area contributed by atoms with Crippen LogP contribution in [-0.4, -0.2) is 56.3 Å². The summed E-state index contributed by atoms with van der Waals surface area (Å²) in [7, 11) is 6.75. The van der Waals surface area contributed by atoms with Gasteiger partial charge in [-0.15, -0.1) is 0 Å². The van der Waals surface area contributed by atoms with Gasteiger partial charge in [0.05, 0.1) is 34.6 Å². The van der Waals surface area contributed by atoms with Crippen LogP contribution in [0.15, 0.2) is 60.9 Å².